The maximum Gasteiger partial charge on any atom is 0.244 e. The van der Waals surface area contributed by atoms with Gasteiger partial charge < -0.3 is 10.2 Å². The van der Waals surface area contributed by atoms with Gasteiger partial charge in [0.05, 0.1) is 11.9 Å². The molecule has 0 aliphatic heterocycles. The SMILES string of the molecule is CC[C@H](C(=O)NC1CCCCC1)N(Cc1cccc(C)c1)C(=O)CN(c1ccc(Br)cc1)S(C)(=O)=O. The number of aryl methyl sites for hydroxylation is 1. The molecule has 2 aromatic rings. The first-order chi connectivity index (χ1) is 17.1. The Kier molecular flexibility index (Phi) is 9.96. The van der Waals surface area contributed by atoms with Crippen molar-refractivity contribution < 1.29 is 18.0 Å². The molecule has 7 nitrogen and oxygen atoms in total. The van der Waals surface area contributed by atoms with Crippen LogP contribution >= 0.6 is 15.9 Å². The topological polar surface area (TPSA) is 86.8 Å². The first kappa shape index (κ1) is 28.2. The Balaban J connectivity index is 1.90. The third-order valence-corrected chi connectivity index (χ3v) is 8.24. The Morgan fingerprint density at radius 2 is 1.75 bits per heavy atom. The van der Waals surface area contributed by atoms with Gasteiger partial charge in [-0.3, -0.25) is 13.9 Å². The first-order valence-corrected chi connectivity index (χ1v) is 15.1. The fraction of sp³-hybridized carbons (Fsp3) is 0.481. The average molecular weight is 579 g/mol. The molecule has 3 rings (SSSR count). The number of nitrogens with zero attached hydrogens (tertiary/aromatic N) is 2. The van der Waals surface area contributed by atoms with Gasteiger partial charge in [0.1, 0.15) is 12.6 Å². The van der Waals surface area contributed by atoms with Crippen LogP contribution in [0.4, 0.5) is 5.69 Å². The van der Waals surface area contributed by atoms with Crippen LogP contribution in [0.1, 0.15) is 56.6 Å². The summed E-state index contributed by atoms with van der Waals surface area (Å²) in [5.41, 5.74) is 2.33. The van der Waals surface area contributed by atoms with E-state index in [1.807, 2.05) is 38.1 Å². The first-order valence-electron chi connectivity index (χ1n) is 12.5. The van der Waals surface area contributed by atoms with E-state index in [1.165, 1.54) is 11.3 Å². The molecular weight excluding hydrogens is 542 g/mol. The van der Waals surface area contributed by atoms with Crippen LogP contribution in [-0.2, 0) is 26.2 Å². The number of sulfonamides is 1. The molecule has 1 N–H and O–H groups in total. The summed E-state index contributed by atoms with van der Waals surface area (Å²) in [6, 6.07) is 14.0. The molecule has 36 heavy (non-hydrogen) atoms. The summed E-state index contributed by atoms with van der Waals surface area (Å²) in [5, 5.41) is 3.15. The van der Waals surface area contributed by atoms with Crippen LogP contribution in [-0.4, -0.2) is 50.0 Å². The van der Waals surface area contributed by atoms with Gasteiger partial charge in [-0.2, -0.15) is 0 Å². The number of carbonyl (C=O) groups is 2. The minimum atomic E-state index is -3.74. The van der Waals surface area contributed by atoms with Gasteiger partial charge in [-0.15, -0.1) is 0 Å². The van der Waals surface area contributed by atoms with E-state index in [4.69, 9.17) is 0 Å². The van der Waals surface area contributed by atoms with Gasteiger partial charge in [0.2, 0.25) is 21.8 Å². The van der Waals surface area contributed by atoms with Crippen LogP contribution < -0.4 is 9.62 Å². The fourth-order valence-electron chi connectivity index (χ4n) is 4.69. The largest absolute Gasteiger partial charge is 0.352 e. The van der Waals surface area contributed by atoms with E-state index in [9.17, 15) is 18.0 Å². The Labute approximate surface area is 223 Å². The number of anilines is 1. The second kappa shape index (κ2) is 12.7. The van der Waals surface area contributed by atoms with Crippen molar-refractivity contribution in [3.63, 3.8) is 0 Å². The van der Waals surface area contributed by atoms with Crippen LogP contribution in [0.2, 0.25) is 0 Å². The normalized spacial score (nSPS) is 15.2. The van der Waals surface area contributed by atoms with Gasteiger partial charge in [0.15, 0.2) is 0 Å². The highest BCUT2D eigenvalue weighted by molar-refractivity contribution is 9.10. The van der Waals surface area contributed by atoms with Crippen molar-refractivity contribution in [1.29, 1.82) is 0 Å². The smallest absolute Gasteiger partial charge is 0.244 e. The number of nitrogens with one attached hydrogen (secondary N) is 1. The molecule has 1 fully saturated rings. The molecule has 0 aromatic heterocycles. The zero-order valence-corrected chi connectivity index (χ0v) is 23.6. The molecule has 2 amide bonds. The van der Waals surface area contributed by atoms with E-state index >= 15 is 0 Å². The molecule has 0 spiro atoms. The lowest BCUT2D eigenvalue weighted by molar-refractivity contribution is -0.140. The summed E-state index contributed by atoms with van der Waals surface area (Å²) in [4.78, 5) is 28.7. The van der Waals surface area contributed by atoms with E-state index < -0.39 is 22.0 Å². The number of amides is 2. The van der Waals surface area contributed by atoms with Gasteiger partial charge in [0.25, 0.3) is 0 Å². The lowest BCUT2D eigenvalue weighted by atomic mass is 9.95. The van der Waals surface area contributed by atoms with E-state index in [0.29, 0.717) is 12.1 Å². The highest BCUT2D eigenvalue weighted by Gasteiger charge is 2.32. The minimum Gasteiger partial charge on any atom is -0.352 e. The predicted molar refractivity (Wildman–Crippen MR) is 147 cm³/mol. The number of rotatable bonds is 10. The second-order valence-electron chi connectivity index (χ2n) is 9.52. The Hall–Kier alpha value is -2.39. The molecule has 0 unspecified atom stereocenters. The second-order valence-corrected chi connectivity index (χ2v) is 12.3. The Morgan fingerprint density at radius 1 is 1.08 bits per heavy atom. The maximum atomic E-state index is 13.8. The molecule has 2 aromatic carbocycles. The standard InChI is InChI=1S/C27H36BrN3O4S/c1-4-25(27(33)29-23-11-6-5-7-12-23)30(18-21-10-8-9-20(2)17-21)26(32)19-31(36(3,34)35)24-15-13-22(28)14-16-24/h8-10,13-17,23,25H,4-7,11-12,18-19H2,1-3H3,(H,29,33)/t25-/m1/s1. The van der Waals surface area contributed by atoms with Crippen LogP contribution in [0, 0.1) is 6.92 Å². The number of hydrogen-bond acceptors (Lipinski definition) is 4. The summed E-state index contributed by atoms with van der Waals surface area (Å²) in [6.45, 7) is 3.68. The highest BCUT2D eigenvalue weighted by Crippen LogP contribution is 2.23. The third-order valence-electron chi connectivity index (χ3n) is 6.57. The molecule has 196 valence electrons. The van der Waals surface area contributed by atoms with Crippen LogP contribution in [0.15, 0.2) is 53.0 Å². The Bertz CT molecular complexity index is 1150. The maximum absolute atomic E-state index is 13.8. The van der Waals surface area contributed by atoms with Crippen molar-refractivity contribution >= 4 is 43.5 Å². The fourth-order valence-corrected chi connectivity index (χ4v) is 5.81. The molecule has 0 saturated heterocycles. The molecule has 0 bridgehead atoms. The zero-order chi connectivity index (χ0) is 26.3. The molecule has 1 aliphatic carbocycles. The minimum absolute atomic E-state index is 0.117. The summed E-state index contributed by atoms with van der Waals surface area (Å²) in [6.07, 6.45) is 6.75. The predicted octanol–water partition coefficient (Wildman–Crippen LogP) is 4.78. The van der Waals surface area contributed by atoms with Crippen molar-refractivity contribution in [3.05, 3.63) is 64.1 Å². The third kappa shape index (κ3) is 7.80. The molecule has 9 heteroatoms. The van der Waals surface area contributed by atoms with Crippen molar-refractivity contribution in [2.75, 3.05) is 17.1 Å². The average Bonchev–Trinajstić information content (AvgIpc) is 2.83. The number of benzene rings is 2. The monoisotopic (exact) mass is 577 g/mol. The summed E-state index contributed by atoms with van der Waals surface area (Å²) in [5.74, 6) is -0.601. The van der Waals surface area contributed by atoms with Crippen LogP contribution in [0.3, 0.4) is 0 Å². The van der Waals surface area contributed by atoms with Crippen molar-refractivity contribution in [3.8, 4) is 0 Å². The lowest BCUT2D eigenvalue weighted by Crippen LogP contribution is -2.53. The van der Waals surface area contributed by atoms with Gasteiger partial charge in [-0.1, -0.05) is 71.9 Å². The molecule has 0 radical (unpaired) electrons. The van der Waals surface area contributed by atoms with Gasteiger partial charge in [-0.05, 0) is 56.0 Å². The number of halogens is 1. The van der Waals surface area contributed by atoms with E-state index in [-0.39, 0.29) is 25.0 Å². The van der Waals surface area contributed by atoms with Gasteiger partial charge >= 0.3 is 0 Å². The zero-order valence-electron chi connectivity index (χ0n) is 21.2. The van der Waals surface area contributed by atoms with Gasteiger partial charge in [0, 0.05) is 17.1 Å². The van der Waals surface area contributed by atoms with Crippen molar-refractivity contribution in [1.82, 2.24) is 10.2 Å². The van der Waals surface area contributed by atoms with Crippen molar-refractivity contribution in [2.45, 2.75) is 71.0 Å². The quantitative estimate of drug-likeness (QED) is 0.440. The number of carbonyl (C=O) groups excluding carboxylic acids is 2. The van der Waals surface area contributed by atoms with Crippen LogP contribution in [0.25, 0.3) is 0 Å². The lowest BCUT2D eigenvalue weighted by Gasteiger charge is -2.34. The van der Waals surface area contributed by atoms with E-state index in [1.54, 1.807) is 24.3 Å². The van der Waals surface area contributed by atoms with E-state index in [2.05, 4.69) is 21.2 Å². The summed E-state index contributed by atoms with van der Waals surface area (Å²) < 4.78 is 27.3. The highest BCUT2D eigenvalue weighted by atomic mass is 79.9. The summed E-state index contributed by atoms with van der Waals surface area (Å²) >= 11 is 3.36. The summed E-state index contributed by atoms with van der Waals surface area (Å²) in [7, 11) is -3.74. The van der Waals surface area contributed by atoms with Crippen molar-refractivity contribution in [2.24, 2.45) is 0 Å². The molecule has 0 heterocycles. The Morgan fingerprint density at radius 3 is 2.33 bits per heavy atom. The van der Waals surface area contributed by atoms with E-state index in [0.717, 1.165) is 51.8 Å². The molecule has 1 saturated carbocycles. The van der Waals surface area contributed by atoms with Crippen LogP contribution in [0.5, 0.6) is 0 Å². The van der Waals surface area contributed by atoms with Gasteiger partial charge in [-0.25, -0.2) is 8.42 Å². The molecule has 1 aliphatic rings. The molecular formula is C27H36BrN3O4S. The number of hydrogen-bond donors (Lipinski definition) is 1. The molecule has 1 atom stereocenters.